The van der Waals surface area contributed by atoms with Crippen molar-refractivity contribution < 1.29 is 13.2 Å². The molecule has 1 unspecified atom stereocenters. The van der Waals surface area contributed by atoms with Crippen LogP contribution in [0.1, 0.15) is 44.9 Å². The number of hydrogen-bond donors (Lipinski definition) is 0. The largest absolute Gasteiger partial charge is 0.416 e. The average Bonchev–Trinajstić information content (AvgIpc) is 2.23. The highest BCUT2D eigenvalue weighted by atomic mass is 35.5. The van der Waals surface area contributed by atoms with Crippen LogP contribution in [0.25, 0.3) is 0 Å². The minimum Gasteiger partial charge on any atom is -0.246 e. The Labute approximate surface area is 127 Å². The zero-order valence-electron chi connectivity index (χ0n) is 12.2. The molecule has 0 radical (unpaired) electrons. The van der Waals surface area contributed by atoms with Gasteiger partial charge in [-0.15, -0.1) is 0 Å². The van der Waals surface area contributed by atoms with Crippen LogP contribution in [-0.4, -0.2) is 16.1 Å². The standard InChI is InChI=1S/C14H19ClF3NS/c1-9(19(5)20-13(2,3)4)10-6-11(14(16,17)18)8-12(15)7-10/h6-9H,1-5H3. The van der Waals surface area contributed by atoms with Gasteiger partial charge in [-0.25, -0.2) is 4.31 Å². The van der Waals surface area contributed by atoms with Gasteiger partial charge in [0.1, 0.15) is 0 Å². The third-order valence-corrected chi connectivity index (χ3v) is 4.06. The molecule has 0 aliphatic rings. The first-order valence-corrected chi connectivity index (χ1v) is 7.35. The van der Waals surface area contributed by atoms with Crippen molar-refractivity contribution in [3.8, 4) is 0 Å². The molecule has 0 heterocycles. The Hall–Kier alpha value is -0.390. The van der Waals surface area contributed by atoms with Crippen LogP contribution in [0.4, 0.5) is 13.2 Å². The number of alkyl halides is 3. The van der Waals surface area contributed by atoms with Gasteiger partial charge in [0.25, 0.3) is 0 Å². The summed E-state index contributed by atoms with van der Waals surface area (Å²) in [4.78, 5) is 0. The van der Waals surface area contributed by atoms with Gasteiger partial charge in [-0.3, -0.25) is 0 Å². The summed E-state index contributed by atoms with van der Waals surface area (Å²) in [5.41, 5.74) is -0.148. The van der Waals surface area contributed by atoms with Crippen LogP contribution in [0.2, 0.25) is 5.02 Å². The van der Waals surface area contributed by atoms with Crippen LogP contribution in [0.5, 0.6) is 0 Å². The van der Waals surface area contributed by atoms with Crippen molar-refractivity contribution in [1.82, 2.24) is 4.31 Å². The third-order valence-electron chi connectivity index (χ3n) is 2.69. The van der Waals surface area contributed by atoms with E-state index in [1.54, 1.807) is 18.0 Å². The zero-order chi connectivity index (χ0) is 15.7. The Morgan fingerprint density at radius 1 is 1.15 bits per heavy atom. The van der Waals surface area contributed by atoms with Crippen LogP contribution >= 0.6 is 23.5 Å². The minimum absolute atomic E-state index is 0.00551. The van der Waals surface area contributed by atoms with Crippen LogP contribution in [0.15, 0.2) is 18.2 Å². The summed E-state index contributed by atoms with van der Waals surface area (Å²) in [6.07, 6.45) is -4.38. The van der Waals surface area contributed by atoms with E-state index in [1.165, 1.54) is 0 Å². The van der Waals surface area contributed by atoms with Gasteiger partial charge in [-0.1, -0.05) is 23.5 Å². The average molecular weight is 326 g/mol. The minimum atomic E-state index is -4.38. The second kappa shape index (κ2) is 6.16. The summed E-state index contributed by atoms with van der Waals surface area (Å²) < 4.78 is 40.4. The quantitative estimate of drug-likeness (QED) is 0.646. The maximum absolute atomic E-state index is 12.8. The monoisotopic (exact) mass is 325 g/mol. The molecule has 0 saturated carbocycles. The van der Waals surface area contributed by atoms with Crippen molar-refractivity contribution in [2.75, 3.05) is 7.05 Å². The first kappa shape index (κ1) is 17.7. The van der Waals surface area contributed by atoms with Crippen LogP contribution < -0.4 is 0 Å². The Kier molecular flexibility index (Phi) is 5.44. The lowest BCUT2D eigenvalue weighted by molar-refractivity contribution is -0.137. The van der Waals surface area contributed by atoms with Crippen molar-refractivity contribution in [3.63, 3.8) is 0 Å². The fourth-order valence-corrected chi connectivity index (χ4v) is 3.13. The maximum atomic E-state index is 12.8. The second-order valence-corrected chi connectivity index (χ2v) is 8.12. The molecular weight excluding hydrogens is 307 g/mol. The SMILES string of the molecule is CC(c1cc(Cl)cc(C(F)(F)F)c1)N(C)SC(C)(C)C. The highest BCUT2D eigenvalue weighted by Crippen LogP contribution is 2.37. The Morgan fingerprint density at radius 3 is 2.15 bits per heavy atom. The van der Waals surface area contributed by atoms with E-state index in [1.807, 2.05) is 18.3 Å². The molecule has 1 aromatic rings. The lowest BCUT2D eigenvalue weighted by Gasteiger charge is -2.30. The molecule has 0 aromatic heterocycles. The van der Waals surface area contributed by atoms with Crippen molar-refractivity contribution in [1.29, 1.82) is 0 Å². The number of halogens is 4. The maximum Gasteiger partial charge on any atom is 0.416 e. The van der Waals surface area contributed by atoms with E-state index in [9.17, 15) is 13.2 Å². The van der Waals surface area contributed by atoms with Gasteiger partial charge in [0.2, 0.25) is 0 Å². The molecule has 1 nitrogen and oxygen atoms in total. The van der Waals surface area contributed by atoms with Gasteiger partial charge in [-0.05, 0) is 58.5 Å². The normalized spacial score (nSPS) is 14.7. The molecule has 1 atom stereocenters. The third kappa shape index (κ3) is 5.19. The topological polar surface area (TPSA) is 3.24 Å². The first-order chi connectivity index (χ1) is 8.90. The molecule has 0 aliphatic carbocycles. The van der Waals surface area contributed by atoms with Crippen molar-refractivity contribution in [3.05, 3.63) is 34.3 Å². The summed E-state index contributed by atoms with van der Waals surface area (Å²) in [6.45, 7) is 8.03. The molecule has 0 amide bonds. The molecule has 0 fully saturated rings. The molecule has 0 saturated heterocycles. The molecule has 1 aromatic carbocycles. The summed E-state index contributed by atoms with van der Waals surface area (Å²) >= 11 is 7.40. The van der Waals surface area contributed by atoms with Gasteiger partial charge >= 0.3 is 6.18 Å². The molecule has 0 spiro atoms. The molecule has 0 N–H and O–H groups in total. The van der Waals surface area contributed by atoms with E-state index < -0.39 is 11.7 Å². The highest BCUT2D eigenvalue weighted by Gasteiger charge is 2.32. The van der Waals surface area contributed by atoms with E-state index in [4.69, 9.17) is 11.6 Å². The summed E-state index contributed by atoms with van der Waals surface area (Å²) in [7, 11) is 1.87. The number of rotatable bonds is 3. The molecule has 6 heteroatoms. The van der Waals surface area contributed by atoms with Crippen LogP contribution in [0.3, 0.4) is 0 Å². The highest BCUT2D eigenvalue weighted by molar-refractivity contribution is 7.98. The van der Waals surface area contributed by atoms with Crippen molar-refractivity contribution in [2.45, 2.75) is 44.7 Å². The lowest BCUT2D eigenvalue weighted by Crippen LogP contribution is -2.22. The number of hydrogen-bond acceptors (Lipinski definition) is 2. The number of benzene rings is 1. The number of nitrogens with zero attached hydrogens (tertiary/aromatic N) is 1. The van der Waals surface area contributed by atoms with E-state index in [0.717, 1.165) is 12.1 Å². The van der Waals surface area contributed by atoms with Gasteiger partial charge in [-0.2, -0.15) is 13.2 Å². The fraction of sp³-hybridized carbons (Fsp3) is 0.571. The van der Waals surface area contributed by atoms with E-state index in [0.29, 0.717) is 5.56 Å². The first-order valence-electron chi connectivity index (χ1n) is 6.20. The lowest BCUT2D eigenvalue weighted by atomic mass is 10.1. The van der Waals surface area contributed by atoms with Crippen molar-refractivity contribution in [2.24, 2.45) is 0 Å². The van der Waals surface area contributed by atoms with Gasteiger partial charge < -0.3 is 0 Å². The molecular formula is C14H19ClF3NS. The van der Waals surface area contributed by atoms with Gasteiger partial charge in [0.15, 0.2) is 0 Å². The molecule has 114 valence electrons. The predicted molar refractivity (Wildman–Crippen MR) is 80.0 cm³/mol. The van der Waals surface area contributed by atoms with E-state index in [2.05, 4.69) is 20.8 Å². The van der Waals surface area contributed by atoms with Gasteiger partial charge in [0.05, 0.1) is 5.56 Å². The molecule has 0 bridgehead atoms. The van der Waals surface area contributed by atoms with Crippen LogP contribution in [-0.2, 0) is 6.18 Å². The van der Waals surface area contributed by atoms with E-state index >= 15 is 0 Å². The molecule has 20 heavy (non-hydrogen) atoms. The zero-order valence-corrected chi connectivity index (χ0v) is 13.7. The summed E-state index contributed by atoms with van der Waals surface area (Å²) in [5, 5.41) is 0.107. The summed E-state index contributed by atoms with van der Waals surface area (Å²) in [5.74, 6) is 0. The van der Waals surface area contributed by atoms with E-state index in [-0.39, 0.29) is 15.8 Å². The fourth-order valence-electron chi connectivity index (χ4n) is 1.74. The Morgan fingerprint density at radius 2 is 1.70 bits per heavy atom. The molecule has 1 rings (SSSR count). The van der Waals surface area contributed by atoms with Gasteiger partial charge in [0, 0.05) is 15.8 Å². The Bertz CT molecular complexity index is 468. The van der Waals surface area contributed by atoms with Crippen molar-refractivity contribution >= 4 is 23.5 Å². The molecule has 0 aliphatic heterocycles. The Balaban J connectivity index is 3.04. The van der Waals surface area contributed by atoms with Crippen LogP contribution in [0, 0.1) is 0 Å². The summed E-state index contributed by atoms with van der Waals surface area (Å²) in [6, 6.07) is 3.53. The predicted octanol–water partition coefficient (Wildman–Crippen LogP) is 5.80. The smallest absolute Gasteiger partial charge is 0.246 e. The second-order valence-electron chi connectivity index (χ2n) is 5.70.